The van der Waals surface area contributed by atoms with Gasteiger partial charge in [-0.2, -0.15) is 0 Å². The highest BCUT2D eigenvalue weighted by Crippen LogP contribution is 2.33. The Morgan fingerprint density at radius 3 is 2.57 bits per heavy atom. The standard InChI is InChI=1S/C12H12BrF4NO3/c1-2-20-11(19)9(14)10(18)7-5-6(13)3-4-8(7)21-12(15,16)17/h3-5,9-10H,2,18H2,1H3/t9?,10-/m0/s1. The summed E-state index contributed by atoms with van der Waals surface area (Å²) < 4.78 is 59.4. The molecule has 0 aromatic heterocycles. The Morgan fingerprint density at radius 1 is 1.43 bits per heavy atom. The summed E-state index contributed by atoms with van der Waals surface area (Å²) in [5, 5.41) is 0. The third-order valence-corrected chi connectivity index (χ3v) is 2.88. The second-order valence-corrected chi connectivity index (χ2v) is 4.83. The second-order valence-electron chi connectivity index (χ2n) is 3.91. The van der Waals surface area contributed by atoms with Crippen molar-refractivity contribution >= 4 is 21.9 Å². The zero-order chi connectivity index (χ0) is 16.2. The molecule has 118 valence electrons. The Hall–Kier alpha value is -1.35. The maximum Gasteiger partial charge on any atom is 0.573 e. The van der Waals surface area contributed by atoms with Crippen molar-refractivity contribution in [1.82, 2.24) is 0 Å². The van der Waals surface area contributed by atoms with Gasteiger partial charge in [0.1, 0.15) is 5.75 Å². The lowest BCUT2D eigenvalue weighted by atomic mass is 10.0. The van der Waals surface area contributed by atoms with Crippen molar-refractivity contribution in [3.63, 3.8) is 0 Å². The first-order valence-corrected chi connectivity index (χ1v) is 6.56. The fraction of sp³-hybridized carbons (Fsp3) is 0.417. The molecule has 0 heterocycles. The number of carbonyl (C=O) groups is 1. The summed E-state index contributed by atoms with van der Waals surface area (Å²) in [5.74, 6) is -1.92. The van der Waals surface area contributed by atoms with Crippen LogP contribution in [0, 0.1) is 0 Å². The van der Waals surface area contributed by atoms with Gasteiger partial charge in [-0.05, 0) is 25.1 Å². The van der Waals surface area contributed by atoms with Crippen molar-refractivity contribution < 1.29 is 31.8 Å². The van der Waals surface area contributed by atoms with Gasteiger partial charge in [-0.25, -0.2) is 9.18 Å². The molecule has 0 bridgehead atoms. The number of esters is 1. The van der Waals surface area contributed by atoms with E-state index in [2.05, 4.69) is 25.4 Å². The molecule has 4 nitrogen and oxygen atoms in total. The third-order valence-electron chi connectivity index (χ3n) is 2.38. The number of hydrogen-bond donors (Lipinski definition) is 1. The molecule has 2 atom stereocenters. The molecule has 0 amide bonds. The molecule has 0 aliphatic rings. The highest BCUT2D eigenvalue weighted by Gasteiger charge is 2.35. The lowest BCUT2D eigenvalue weighted by molar-refractivity contribution is -0.275. The van der Waals surface area contributed by atoms with Crippen molar-refractivity contribution in [2.45, 2.75) is 25.5 Å². The van der Waals surface area contributed by atoms with Crippen molar-refractivity contribution in [2.24, 2.45) is 5.73 Å². The number of ether oxygens (including phenoxy) is 2. The van der Waals surface area contributed by atoms with Gasteiger partial charge >= 0.3 is 12.3 Å². The number of nitrogens with two attached hydrogens (primary N) is 1. The maximum absolute atomic E-state index is 13.9. The van der Waals surface area contributed by atoms with Gasteiger partial charge in [0.25, 0.3) is 0 Å². The molecule has 9 heteroatoms. The number of benzene rings is 1. The monoisotopic (exact) mass is 373 g/mol. The second kappa shape index (κ2) is 7.08. The third kappa shape index (κ3) is 5.16. The predicted molar refractivity (Wildman–Crippen MR) is 69.3 cm³/mol. The van der Waals surface area contributed by atoms with E-state index in [1.165, 1.54) is 13.0 Å². The number of alkyl halides is 4. The van der Waals surface area contributed by atoms with Gasteiger partial charge in [-0.1, -0.05) is 15.9 Å². The summed E-state index contributed by atoms with van der Waals surface area (Å²) >= 11 is 3.03. The largest absolute Gasteiger partial charge is 0.573 e. The van der Waals surface area contributed by atoms with E-state index in [-0.39, 0.29) is 12.2 Å². The van der Waals surface area contributed by atoms with Crippen LogP contribution in [0.25, 0.3) is 0 Å². The molecule has 1 unspecified atom stereocenters. The van der Waals surface area contributed by atoms with Crippen LogP contribution in [0.4, 0.5) is 17.6 Å². The minimum Gasteiger partial charge on any atom is -0.464 e. The Labute approximate surface area is 126 Å². The SMILES string of the molecule is CCOC(=O)C(F)[C@@H](N)c1cc(Br)ccc1OC(F)(F)F. The molecular formula is C12H12BrF4NO3. The summed E-state index contributed by atoms with van der Waals surface area (Å²) in [4.78, 5) is 11.3. The number of hydrogen-bond acceptors (Lipinski definition) is 4. The van der Waals surface area contributed by atoms with Crippen LogP contribution >= 0.6 is 15.9 Å². The normalized spacial score (nSPS) is 14.4. The zero-order valence-electron chi connectivity index (χ0n) is 10.8. The topological polar surface area (TPSA) is 61.5 Å². The number of carbonyl (C=O) groups excluding carboxylic acids is 1. The first kappa shape index (κ1) is 17.7. The van der Waals surface area contributed by atoms with E-state index in [9.17, 15) is 22.4 Å². The van der Waals surface area contributed by atoms with Crippen LogP contribution in [0.2, 0.25) is 0 Å². The lowest BCUT2D eigenvalue weighted by Crippen LogP contribution is -2.32. The Balaban J connectivity index is 3.09. The fourth-order valence-corrected chi connectivity index (χ4v) is 1.90. The molecule has 21 heavy (non-hydrogen) atoms. The highest BCUT2D eigenvalue weighted by atomic mass is 79.9. The van der Waals surface area contributed by atoms with Crippen molar-refractivity contribution in [1.29, 1.82) is 0 Å². The molecule has 1 aromatic rings. The van der Waals surface area contributed by atoms with Gasteiger partial charge in [-0.3, -0.25) is 0 Å². The maximum atomic E-state index is 13.9. The lowest BCUT2D eigenvalue weighted by Gasteiger charge is -2.20. The molecule has 0 saturated carbocycles. The van der Waals surface area contributed by atoms with Gasteiger partial charge in [0.2, 0.25) is 6.17 Å². The number of halogens is 5. The molecule has 1 rings (SSSR count). The molecule has 0 spiro atoms. The Kier molecular flexibility index (Phi) is 5.97. The van der Waals surface area contributed by atoms with E-state index in [1.807, 2.05) is 0 Å². The quantitative estimate of drug-likeness (QED) is 0.635. The Morgan fingerprint density at radius 2 is 2.05 bits per heavy atom. The van der Waals surface area contributed by atoms with Crippen LogP contribution in [-0.2, 0) is 9.53 Å². The van der Waals surface area contributed by atoms with Gasteiger partial charge < -0.3 is 15.2 Å². The van der Waals surface area contributed by atoms with Crippen LogP contribution in [-0.4, -0.2) is 25.1 Å². The Bertz CT molecular complexity index is 510. The predicted octanol–water partition coefficient (Wildman–Crippen LogP) is 3.25. The van der Waals surface area contributed by atoms with Gasteiger partial charge in [0.15, 0.2) is 0 Å². The molecule has 0 saturated heterocycles. The summed E-state index contributed by atoms with van der Waals surface area (Å²) in [6.45, 7) is 1.39. The molecule has 0 radical (unpaired) electrons. The summed E-state index contributed by atoms with van der Waals surface area (Å²) in [6, 6.07) is 1.75. The minimum atomic E-state index is -4.96. The molecule has 0 aliphatic heterocycles. The first-order chi connectivity index (χ1) is 9.65. The van der Waals surface area contributed by atoms with E-state index >= 15 is 0 Å². The van der Waals surface area contributed by atoms with Crippen LogP contribution in [0.1, 0.15) is 18.5 Å². The van der Waals surface area contributed by atoms with Gasteiger partial charge in [-0.15, -0.1) is 13.2 Å². The molecule has 0 fully saturated rings. The smallest absolute Gasteiger partial charge is 0.464 e. The van der Waals surface area contributed by atoms with Crippen LogP contribution < -0.4 is 10.5 Å². The fourth-order valence-electron chi connectivity index (χ4n) is 1.52. The van der Waals surface area contributed by atoms with E-state index in [1.54, 1.807) is 0 Å². The summed E-state index contributed by atoms with van der Waals surface area (Å²) in [7, 11) is 0. The van der Waals surface area contributed by atoms with Crippen LogP contribution in [0.15, 0.2) is 22.7 Å². The van der Waals surface area contributed by atoms with Crippen molar-refractivity contribution in [3.8, 4) is 5.75 Å². The average molecular weight is 374 g/mol. The molecule has 2 N–H and O–H groups in total. The molecule has 0 aliphatic carbocycles. The molecule has 1 aromatic carbocycles. The van der Waals surface area contributed by atoms with Gasteiger partial charge in [0.05, 0.1) is 12.6 Å². The van der Waals surface area contributed by atoms with E-state index < -0.39 is 30.3 Å². The average Bonchev–Trinajstić information content (AvgIpc) is 2.38. The highest BCUT2D eigenvalue weighted by molar-refractivity contribution is 9.10. The number of rotatable bonds is 5. The van der Waals surface area contributed by atoms with Crippen molar-refractivity contribution in [2.75, 3.05) is 6.61 Å². The van der Waals surface area contributed by atoms with E-state index in [4.69, 9.17) is 5.73 Å². The van der Waals surface area contributed by atoms with E-state index in [0.717, 1.165) is 12.1 Å². The van der Waals surface area contributed by atoms with Crippen molar-refractivity contribution in [3.05, 3.63) is 28.2 Å². The van der Waals surface area contributed by atoms with Crippen LogP contribution in [0.3, 0.4) is 0 Å². The minimum absolute atomic E-state index is 0.0730. The van der Waals surface area contributed by atoms with Gasteiger partial charge in [0, 0.05) is 10.0 Å². The van der Waals surface area contributed by atoms with E-state index in [0.29, 0.717) is 4.47 Å². The summed E-state index contributed by atoms with van der Waals surface area (Å²) in [5.41, 5.74) is 5.21. The summed E-state index contributed by atoms with van der Waals surface area (Å²) in [6.07, 6.45) is -7.27. The van der Waals surface area contributed by atoms with Crippen LogP contribution in [0.5, 0.6) is 5.75 Å². The zero-order valence-corrected chi connectivity index (χ0v) is 12.4. The molecular weight excluding hydrogens is 362 g/mol. The first-order valence-electron chi connectivity index (χ1n) is 5.77.